The Bertz CT molecular complexity index is 59.9. The van der Waals surface area contributed by atoms with Crippen molar-refractivity contribution in [3.63, 3.8) is 0 Å². The van der Waals surface area contributed by atoms with Crippen molar-refractivity contribution in [1.29, 1.82) is 0 Å². The van der Waals surface area contributed by atoms with Crippen LogP contribution in [0.25, 0.3) is 0 Å². The van der Waals surface area contributed by atoms with Gasteiger partial charge >= 0.3 is 18.9 Å². The predicted molar refractivity (Wildman–Crippen MR) is 55.1 cm³/mol. The first-order valence-electron chi connectivity index (χ1n) is 4.56. The standard InChI is InChI=1S/C10H21.Li.H/c1-4-5-6-7-8-9-10(2)3;;/h4-9H2,1-3H3;;. The van der Waals surface area contributed by atoms with Crippen LogP contribution in [0, 0.1) is 5.92 Å². The average molecular weight is 149 g/mol. The van der Waals surface area contributed by atoms with Crippen LogP contribution >= 0.6 is 0 Å². The molecule has 1 heteroatoms. The summed E-state index contributed by atoms with van der Waals surface area (Å²) in [7, 11) is 0. The maximum atomic E-state index is 2.26. The molecule has 0 aromatic rings. The van der Waals surface area contributed by atoms with Crippen LogP contribution in [0.5, 0.6) is 0 Å². The Morgan fingerprint density at radius 1 is 0.909 bits per heavy atom. The summed E-state index contributed by atoms with van der Waals surface area (Å²) in [4.78, 5) is 0. The molecule has 0 nitrogen and oxygen atoms in total. The molecule has 63 valence electrons. The van der Waals surface area contributed by atoms with Crippen LogP contribution < -0.4 is 0 Å². The fourth-order valence-corrected chi connectivity index (χ4v) is 1.08. The summed E-state index contributed by atoms with van der Waals surface area (Å²) in [5, 5.41) is 0. The second kappa shape index (κ2) is 10.6. The Morgan fingerprint density at radius 3 is 1.91 bits per heavy atom. The second-order valence-corrected chi connectivity index (χ2v) is 3.37. The monoisotopic (exact) mass is 149 g/mol. The van der Waals surface area contributed by atoms with Crippen molar-refractivity contribution < 1.29 is 0 Å². The van der Waals surface area contributed by atoms with E-state index in [-0.39, 0.29) is 18.9 Å². The van der Waals surface area contributed by atoms with Crippen molar-refractivity contribution in [2.75, 3.05) is 0 Å². The van der Waals surface area contributed by atoms with Crippen molar-refractivity contribution in [1.82, 2.24) is 0 Å². The molecule has 0 bridgehead atoms. The van der Waals surface area contributed by atoms with Gasteiger partial charge in [-0.25, -0.2) is 0 Å². The third-order valence-corrected chi connectivity index (χ3v) is 1.78. The van der Waals surface area contributed by atoms with Gasteiger partial charge in [0.15, 0.2) is 0 Å². The Balaban J connectivity index is 0. The summed E-state index contributed by atoms with van der Waals surface area (Å²) in [6.45, 7) is 6.71. The summed E-state index contributed by atoms with van der Waals surface area (Å²) in [6.07, 6.45) is 8.38. The van der Waals surface area contributed by atoms with Crippen molar-refractivity contribution in [3.8, 4) is 0 Å². The molecule has 0 aliphatic carbocycles. The van der Waals surface area contributed by atoms with Gasteiger partial charge in [-0.3, -0.25) is 0 Å². The van der Waals surface area contributed by atoms with E-state index in [0.717, 1.165) is 0 Å². The Morgan fingerprint density at radius 2 is 1.45 bits per heavy atom. The second-order valence-electron chi connectivity index (χ2n) is 3.37. The van der Waals surface area contributed by atoms with Crippen LogP contribution in [-0.4, -0.2) is 18.9 Å². The Kier molecular flexibility index (Phi) is 13.6. The molecule has 0 heterocycles. The molecule has 0 amide bonds. The molecule has 0 aliphatic heterocycles. The molecule has 0 N–H and O–H groups in total. The van der Waals surface area contributed by atoms with Gasteiger partial charge in [-0.2, -0.15) is 0 Å². The van der Waals surface area contributed by atoms with Gasteiger partial charge in [0.1, 0.15) is 0 Å². The molecule has 0 atom stereocenters. The van der Waals surface area contributed by atoms with Gasteiger partial charge in [-0.15, -0.1) is 0 Å². The normalized spacial score (nSPS) is 9.82. The van der Waals surface area contributed by atoms with Crippen LogP contribution in [0.1, 0.15) is 59.3 Å². The summed E-state index contributed by atoms with van der Waals surface area (Å²) in [6, 6.07) is 0. The fourth-order valence-electron chi connectivity index (χ4n) is 1.08. The molecule has 0 aromatic carbocycles. The zero-order valence-corrected chi connectivity index (χ0v) is 7.74. The third-order valence-electron chi connectivity index (χ3n) is 1.78. The first-order chi connectivity index (χ1) is 4.77. The number of hydrogen-bond acceptors (Lipinski definition) is 0. The number of hydrogen-bond donors (Lipinski definition) is 0. The van der Waals surface area contributed by atoms with E-state index in [1.165, 1.54) is 38.5 Å². The topological polar surface area (TPSA) is 0 Å². The van der Waals surface area contributed by atoms with Gasteiger partial charge < -0.3 is 0 Å². The van der Waals surface area contributed by atoms with E-state index in [0.29, 0.717) is 0 Å². The van der Waals surface area contributed by atoms with E-state index in [1.54, 1.807) is 5.92 Å². The third kappa shape index (κ3) is 13.6. The van der Waals surface area contributed by atoms with Gasteiger partial charge in [-0.05, 0) is 12.3 Å². The molecule has 1 radical (unpaired) electrons. The molecule has 11 heavy (non-hydrogen) atoms. The quantitative estimate of drug-likeness (QED) is 0.401. The van der Waals surface area contributed by atoms with Crippen molar-refractivity contribution in [3.05, 3.63) is 5.92 Å². The Labute approximate surface area is 84.3 Å². The van der Waals surface area contributed by atoms with Gasteiger partial charge in [0.2, 0.25) is 0 Å². The number of unbranched alkanes of at least 4 members (excludes halogenated alkanes) is 4. The molecule has 0 aliphatic rings. The van der Waals surface area contributed by atoms with E-state index >= 15 is 0 Å². The summed E-state index contributed by atoms with van der Waals surface area (Å²) in [5.74, 6) is 1.58. The SMILES string of the molecule is CCCCCCC[C](C)C.[LiH]. The molecule has 0 saturated heterocycles. The maximum absolute atomic E-state index is 2.26. The average Bonchev–Trinajstić information content (AvgIpc) is 1.87. The molecule has 0 aromatic heterocycles. The summed E-state index contributed by atoms with van der Waals surface area (Å²) < 4.78 is 0. The van der Waals surface area contributed by atoms with E-state index in [9.17, 15) is 0 Å². The van der Waals surface area contributed by atoms with Gasteiger partial charge in [0.05, 0.1) is 0 Å². The van der Waals surface area contributed by atoms with Crippen molar-refractivity contribution in [2.45, 2.75) is 59.3 Å². The van der Waals surface area contributed by atoms with Crippen LogP contribution in [0.4, 0.5) is 0 Å². The van der Waals surface area contributed by atoms with Crippen molar-refractivity contribution in [2.24, 2.45) is 0 Å². The Hall–Kier alpha value is 0.597. The molecule has 0 saturated carbocycles. The summed E-state index contributed by atoms with van der Waals surface area (Å²) >= 11 is 0. The summed E-state index contributed by atoms with van der Waals surface area (Å²) in [5.41, 5.74) is 0. The van der Waals surface area contributed by atoms with Crippen LogP contribution in [-0.2, 0) is 0 Å². The molecule has 0 rings (SSSR count). The fraction of sp³-hybridized carbons (Fsp3) is 0.900. The molecule has 0 unspecified atom stereocenters. The van der Waals surface area contributed by atoms with Gasteiger partial charge in [0.25, 0.3) is 0 Å². The van der Waals surface area contributed by atoms with Crippen LogP contribution in [0.3, 0.4) is 0 Å². The van der Waals surface area contributed by atoms with E-state index < -0.39 is 0 Å². The molecule has 0 spiro atoms. The van der Waals surface area contributed by atoms with E-state index in [4.69, 9.17) is 0 Å². The van der Waals surface area contributed by atoms with Crippen molar-refractivity contribution >= 4 is 18.9 Å². The molecular weight excluding hydrogens is 127 g/mol. The zero-order valence-electron chi connectivity index (χ0n) is 7.74. The first-order valence-corrected chi connectivity index (χ1v) is 4.56. The van der Waals surface area contributed by atoms with E-state index in [1.807, 2.05) is 0 Å². The van der Waals surface area contributed by atoms with Crippen LogP contribution in [0.15, 0.2) is 0 Å². The first kappa shape index (κ1) is 14.1. The minimum absolute atomic E-state index is 0. The molecular formula is C10H22Li. The minimum atomic E-state index is 0. The van der Waals surface area contributed by atoms with Crippen LogP contribution in [0.2, 0.25) is 0 Å². The molecule has 0 fully saturated rings. The van der Waals surface area contributed by atoms with Gasteiger partial charge in [-0.1, -0.05) is 52.9 Å². The van der Waals surface area contributed by atoms with Gasteiger partial charge in [0, 0.05) is 0 Å². The van der Waals surface area contributed by atoms with E-state index in [2.05, 4.69) is 20.8 Å². The zero-order chi connectivity index (χ0) is 7.82. The predicted octanol–water partition coefficient (Wildman–Crippen LogP) is 3.31. The number of rotatable bonds is 6.